The molecule has 89 heavy (non-hydrogen) atoms. The zero-order chi connectivity index (χ0) is 62.8. The molecule has 0 spiro atoms. The molecule has 8 aromatic heterocycles. The fourth-order valence-electron chi connectivity index (χ4n) is 9.87. The Balaban J connectivity index is 0.000000160. The summed E-state index contributed by atoms with van der Waals surface area (Å²) in [5.41, 5.74) is 8.16. The second-order valence-corrected chi connectivity index (χ2v) is 23.3. The van der Waals surface area contributed by atoms with E-state index in [-0.39, 0.29) is 19.3 Å². The van der Waals surface area contributed by atoms with Crippen molar-refractivity contribution in [3.05, 3.63) is 119 Å². The molecule has 11 rings (SSSR count). The van der Waals surface area contributed by atoms with Gasteiger partial charge >= 0.3 is 0 Å². The summed E-state index contributed by atoms with van der Waals surface area (Å²) in [6, 6.07) is 6.48. The van der Waals surface area contributed by atoms with Crippen LogP contribution < -0.4 is 40.1 Å². The molecule has 3 aliphatic rings. The van der Waals surface area contributed by atoms with E-state index in [1.807, 2.05) is 19.9 Å². The van der Waals surface area contributed by atoms with E-state index in [4.69, 9.17) is 30.5 Å². The highest BCUT2D eigenvalue weighted by atomic mass is 35.5. The van der Waals surface area contributed by atoms with Gasteiger partial charge in [0, 0.05) is 154 Å². The van der Waals surface area contributed by atoms with E-state index in [2.05, 4.69) is 153 Å². The first-order valence-corrected chi connectivity index (χ1v) is 30.1. The van der Waals surface area contributed by atoms with Gasteiger partial charge in [-0.15, -0.1) is 30.6 Å². The Bertz CT molecular complexity index is 3490. The first kappa shape index (κ1) is 65.0. The Morgan fingerprint density at radius 2 is 0.865 bits per heavy atom. The molecule has 4 N–H and O–H groups in total. The van der Waals surface area contributed by atoms with E-state index in [1.54, 1.807) is 82.1 Å². The lowest BCUT2D eigenvalue weighted by molar-refractivity contribution is 0.0511. The highest BCUT2D eigenvalue weighted by Gasteiger charge is 2.27. The van der Waals surface area contributed by atoms with Crippen LogP contribution in [0.4, 0.5) is 17.8 Å². The van der Waals surface area contributed by atoms with Crippen molar-refractivity contribution < 1.29 is 24.1 Å². The number of nitrogens with zero attached hydrogens (tertiary/aromatic N) is 19. The van der Waals surface area contributed by atoms with E-state index < -0.39 is 0 Å². The lowest BCUT2D eigenvalue weighted by atomic mass is 10.0. The molecule has 0 bridgehead atoms. The van der Waals surface area contributed by atoms with Crippen LogP contribution in [0, 0.1) is 31.6 Å². The molecule has 0 saturated carbocycles. The van der Waals surface area contributed by atoms with Crippen LogP contribution in [0.2, 0.25) is 5.02 Å². The average molecular weight is 1240 g/mol. The van der Waals surface area contributed by atoms with Gasteiger partial charge in [-0.3, -0.25) is 29.9 Å². The third-order valence-corrected chi connectivity index (χ3v) is 15.2. The van der Waals surface area contributed by atoms with E-state index in [1.165, 1.54) is 6.20 Å². The number of rotatable bonds is 19. The number of aromatic hydroxyl groups is 1. The standard InChI is InChI=1S/C23H30N8O2.C21H26N8O.C17H23ClN6O2/c1-15(2)20-13-31(6-5-24-20)23-28-12-19(29-30-23)22-21(33-14-32-4)8-17(10-27-22)7-18-11-25-16(3)9-26-18;1-13(2)18-12-29(5-4-22-18)21-26-11-17(27-28-21)20-19(30)7-15(9-25-20)6-16-10-23-14(3)8-24-16;1-11(2)14-9-24(5-4-19-14)17-21-8-13(22-23-17)16-15(26-10-25-3)6-12(18)7-20-16/h8-12,15,20,24H,5-7,13-14H2,1-4H3;7-11,13,18,22,30H,4-6,12H2,1-3H3;6-8,11,14,19H,4-5,9-10H2,1-3H3/t20-;18-;14-/m111/s1. The third-order valence-electron chi connectivity index (χ3n) is 15.0. The maximum atomic E-state index is 10.5. The molecule has 0 unspecified atom stereocenters. The maximum absolute atomic E-state index is 10.5. The molecule has 3 atom stereocenters. The van der Waals surface area contributed by atoms with Gasteiger partial charge < -0.3 is 54.7 Å². The van der Waals surface area contributed by atoms with Gasteiger partial charge in [0.15, 0.2) is 25.1 Å². The number of ether oxygens (including phenoxy) is 4. The molecule has 470 valence electrons. The largest absolute Gasteiger partial charge is 0.506 e. The maximum Gasteiger partial charge on any atom is 0.245 e. The van der Waals surface area contributed by atoms with Crippen molar-refractivity contribution >= 4 is 29.4 Å². The van der Waals surface area contributed by atoms with E-state index in [0.29, 0.717) is 117 Å². The predicted octanol–water partition coefficient (Wildman–Crippen LogP) is 5.81. The zero-order valence-electron chi connectivity index (χ0n) is 52.1. The molecular formula is C61H79ClN22O5. The summed E-state index contributed by atoms with van der Waals surface area (Å²) < 4.78 is 21.4. The summed E-state index contributed by atoms with van der Waals surface area (Å²) >= 11 is 6.00. The lowest BCUT2D eigenvalue weighted by Crippen LogP contribution is -2.53. The summed E-state index contributed by atoms with van der Waals surface area (Å²) in [6.07, 6.45) is 18.1. The first-order valence-electron chi connectivity index (χ1n) is 29.8. The predicted molar refractivity (Wildman–Crippen MR) is 337 cm³/mol. The monoisotopic (exact) mass is 1230 g/mol. The Morgan fingerprint density at radius 1 is 0.472 bits per heavy atom. The summed E-state index contributed by atoms with van der Waals surface area (Å²) in [5, 5.41) is 47.4. The molecule has 3 aliphatic heterocycles. The second kappa shape index (κ2) is 31.6. The van der Waals surface area contributed by atoms with Crippen LogP contribution in [-0.2, 0) is 22.3 Å². The fourth-order valence-corrected chi connectivity index (χ4v) is 10.0. The normalized spacial score (nSPS) is 16.8. The summed E-state index contributed by atoms with van der Waals surface area (Å²) in [6.45, 7) is 25.0. The summed E-state index contributed by atoms with van der Waals surface area (Å²) in [5.74, 6) is 4.53. The number of halogens is 1. The van der Waals surface area contributed by atoms with Gasteiger partial charge in [-0.05, 0) is 54.9 Å². The second-order valence-electron chi connectivity index (χ2n) is 22.8. The van der Waals surface area contributed by atoms with E-state index in [0.717, 1.165) is 92.8 Å². The van der Waals surface area contributed by atoms with Gasteiger partial charge in [0.2, 0.25) is 17.8 Å². The topological polar surface area (TPSA) is 309 Å². The highest BCUT2D eigenvalue weighted by Crippen LogP contribution is 2.31. The summed E-state index contributed by atoms with van der Waals surface area (Å²) in [7, 11) is 3.12. The highest BCUT2D eigenvalue weighted by molar-refractivity contribution is 6.30. The molecule has 0 radical (unpaired) electrons. The Kier molecular flexibility index (Phi) is 23.1. The number of hydrogen-bond donors (Lipinski definition) is 4. The Hall–Kier alpha value is -8.47. The van der Waals surface area contributed by atoms with Gasteiger partial charge in [0.1, 0.15) is 39.9 Å². The molecule has 0 amide bonds. The molecule has 3 fully saturated rings. The number of hydrogen-bond acceptors (Lipinski definition) is 27. The third kappa shape index (κ3) is 18.1. The molecule has 28 heteroatoms. The first-order chi connectivity index (χ1) is 43.1. The number of nitrogens with one attached hydrogen (secondary N) is 3. The summed E-state index contributed by atoms with van der Waals surface area (Å²) in [4.78, 5) is 50.6. The number of pyridine rings is 3. The van der Waals surface area contributed by atoms with Crippen molar-refractivity contribution in [2.75, 3.05) is 101 Å². The van der Waals surface area contributed by atoms with Crippen LogP contribution in [0.15, 0.2) is 80.2 Å². The number of anilines is 3. The molecule has 3 saturated heterocycles. The van der Waals surface area contributed by atoms with Crippen LogP contribution in [0.5, 0.6) is 17.2 Å². The minimum Gasteiger partial charge on any atom is -0.506 e. The smallest absolute Gasteiger partial charge is 0.245 e. The van der Waals surface area contributed by atoms with Crippen LogP contribution in [0.1, 0.15) is 75.4 Å². The fraction of sp³-hybridized carbons (Fsp3) is 0.475. The van der Waals surface area contributed by atoms with Crippen molar-refractivity contribution in [1.29, 1.82) is 0 Å². The Morgan fingerprint density at radius 3 is 1.24 bits per heavy atom. The van der Waals surface area contributed by atoms with Gasteiger partial charge in [-0.25, -0.2) is 19.9 Å². The lowest BCUT2D eigenvalue weighted by Gasteiger charge is -2.35. The number of aryl methyl sites for hydroxylation is 2. The van der Waals surface area contributed by atoms with Gasteiger partial charge in [0.25, 0.3) is 0 Å². The van der Waals surface area contributed by atoms with Crippen molar-refractivity contribution in [3.8, 4) is 51.4 Å². The van der Waals surface area contributed by atoms with Crippen LogP contribution >= 0.6 is 11.6 Å². The Labute approximate surface area is 523 Å². The quantitative estimate of drug-likeness (QED) is 0.0695. The molecule has 0 aliphatic carbocycles. The van der Waals surface area contributed by atoms with Crippen molar-refractivity contribution in [1.82, 2.24) is 96.4 Å². The zero-order valence-corrected chi connectivity index (χ0v) is 52.9. The van der Waals surface area contributed by atoms with Crippen LogP contribution in [-0.4, -0.2) is 190 Å². The average Bonchev–Trinajstić information content (AvgIpc) is 1.59. The molecule has 8 aromatic rings. The van der Waals surface area contributed by atoms with Crippen molar-refractivity contribution in [3.63, 3.8) is 0 Å². The number of methoxy groups -OCH3 is 2. The van der Waals surface area contributed by atoms with Crippen molar-refractivity contribution in [2.24, 2.45) is 17.8 Å². The van der Waals surface area contributed by atoms with Crippen molar-refractivity contribution in [2.45, 2.75) is 86.4 Å². The van der Waals surface area contributed by atoms with E-state index >= 15 is 0 Å². The van der Waals surface area contributed by atoms with Gasteiger partial charge in [-0.2, -0.15) is 0 Å². The van der Waals surface area contributed by atoms with Gasteiger partial charge in [0.05, 0.1) is 46.4 Å². The number of aromatic nitrogens is 16. The minimum atomic E-state index is 0.0402. The molecular weight excluding hydrogens is 1160 g/mol. The van der Waals surface area contributed by atoms with Crippen LogP contribution in [0.3, 0.4) is 0 Å². The molecule has 27 nitrogen and oxygen atoms in total. The van der Waals surface area contributed by atoms with E-state index in [9.17, 15) is 5.11 Å². The van der Waals surface area contributed by atoms with Crippen LogP contribution in [0.25, 0.3) is 34.2 Å². The van der Waals surface area contributed by atoms with Gasteiger partial charge in [-0.1, -0.05) is 53.1 Å². The molecule has 0 aromatic carbocycles. The minimum absolute atomic E-state index is 0.0402. The SMILES string of the molecule is COCOc1cc(Cc2cnc(C)cn2)cnc1-c1cnc(N2CCN[C@@H](C(C)C)C2)nn1.COCOc1cc(Cl)cnc1-c1cnc(N2CCN[C@@H](C(C)C)C2)nn1.Cc1cnc(Cc2cnc(-c3cnc(N4CCN[C@@H](C(C)C)C4)nn3)c(O)c2)cn1. The number of piperazine rings is 3. The molecule has 11 heterocycles.